The van der Waals surface area contributed by atoms with Crippen LogP contribution in [0.4, 0.5) is 0 Å². The fourth-order valence-electron chi connectivity index (χ4n) is 1.64. The highest BCUT2D eigenvalue weighted by Gasteiger charge is 2.04. The van der Waals surface area contributed by atoms with Crippen molar-refractivity contribution in [1.82, 2.24) is 5.32 Å². The van der Waals surface area contributed by atoms with Gasteiger partial charge in [0.15, 0.2) is 6.61 Å². The van der Waals surface area contributed by atoms with E-state index >= 15 is 0 Å². The highest BCUT2D eigenvalue weighted by Crippen LogP contribution is 2.26. The number of amides is 1. The van der Waals surface area contributed by atoms with Gasteiger partial charge in [0.05, 0.1) is 16.6 Å². The zero-order chi connectivity index (χ0) is 15.8. The lowest BCUT2D eigenvalue weighted by Crippen LogP contribution is -2.32. The summed E-state index contributed by atoms with van der Waals surface area (Å²) in [6.07, 6.45) is 0. The number of carbonyl (C=O) groups is 1. The van der Waals surface area contributed by atoms with E-state index in [1.54, 1.807) is 18.2 Å². The first-order valence-corrected chi connectivity index (χ1v) is 7.43. The fraction of sp³-hybridized carbons (Fsp3) is 0.188. The first-order chi connectivity index (χ1) is 10.6. The molecule has 0 aliphatic carbocycles. The normalized spacial score (nSPS) is 10.1. The van der Waals surface area contributed by atoms with Gasteiger partial charge in [-0.3, -0.25) is 4.79 Å². The van der Waals surface area contributed by atoms with Crippen molar-refractivity contribution in [2.75, 3.05) is 19.8 Å². The van der Waals surface area contributed by atoms with E-state index < -0.39 is 0 Å². The van der Waals surface area contributed by atoms with E-state index in [1.807, 2.05) is 30.3 Å². The average molecular weight is 340 g/mol. The quantitative estimate of drug-likeness (QED) is 0.784. The van der Waals surface area contributed by atoms with Crippen molar-refractivity contribution in [3.05, 3.63) is 58.6 Å². The predicted molar refractivity (Wildman–Crippen MR) is 86.9 cm³/mol. The van der Waals surface area contributed by atoms with Gasteiger partial charge in [-0.1, -0.05) is 41.4 Å². The molecule has 2 aromatic carbocycles. The molecule has 0 saturated heterocycles. The van der Waals surface area contributed by atoms with Crippen molar-refractivity contribution in [2.24, 2.45) is 0 Å². The first-order valence-electron chi connectivity index (χ1n) is 6.67. The Balaban J connectivity index is 1.64. The Bertz CT molecular complexity index is 620. The molecule has 4 nitrogen and oxygen atoms in total. The summed E-state index contributed by atoms with van der Waals surface area (Å²) in [5.74, 6) is 1.02. The van der Waals surface area contributed by atoms with Crippen LogP contribution in [-0.2, 0) is 4.79 Å². The Morgan fingerprint density at radius 3 is 2.45 bits per heavy atom. The van der Waals surface area contributed by atoms with Crippen molar-refractivity contribution in [1.29, 1.82) is 0 Å². The molecular formula is C16H15Cl2NO3. The molecule has 0 aliphatic rings. The van der Waals surface area contributed by atoms with Crippen molar-refractivity contribution < 1.29 is 14.3 Å². The lowest BCUT2D eigenvalue weighted by Gasteiger charge is -2.09. The lowest BCUT2D eigenvalue weighted by atomic mass is 10.3. The second kappa shape index (κ2) is 8.51. The van der Waals surface area contributed by atoms with Gasteiger partial charge in [0.25, 0.3) is 5.91 Å². The summed E-state index contributed by atoms with van der Waals surface area (Å²) < 4.78 is 10.8. The molecule has 0 radical (unpaired) electrons. The number of rotatable bonds is 7. The van der Waals surface area contributed by atoms with Gasteiger partial charge >= 0.3 is 0 Å². The minimum Gasteiger partial charge on any atom is -0.492 e. The third kappa shape index (κ3) is 5.47. The predicted octanol–water partition coefficient (Wildman–Crippen LogP) is 3.57. The summed E-state index contributed by atoms with van der Waals surface area (Å²) >= 11 is 11.7. The standard InChI is InChI=1S/C16H15Cl2NO3/c17-14-7-6-13(10-15(14)18)22-11-16(20)19-8-9-21-12-4-2-1-3-5-12/h1-7,10H,8-9,11H2,(H,19,20). The monoisotopic (exact) mass is 339 g/mol. The van der Waals surface area contributed by atoms with Gasteiger partial charge in [0, 0.05) is 6.07 Å². The molecule has 0 aromatic heterocycles. The molecule has 116 valence electrons. The average Bonchev–Trinajstić information content (AvgIpc) is 2.54. The zero-order valence-electron chi connectivity index (χ0n) is 11.7. The molecule has 1 amide bonds. The number of halogens is 2. The topological polar surface area (TPSA) is 47.6 Å². The summed E-state index contributed by atoms with van der Waals surface area (Å²) in [6.45, 7) is 0.699. The van der Waals surface area contributed by atoms with E-state index in [-0.39, 0.29) is 12.5 Å². The van der Waals surface area contributed by atoms with Crippen LogP contribution in [0.2, 0.25) is 10.0 Å². The van der Waals surface area contributed by atoms with Gasteiger partial charge in [-0.05, 0) is 24.3 Å². The van der Waals surface area contributed by atoms with Crippen LogP contribution in [0.15, 0.2) is 48.5 Å². The Morgan fingerprint density at radius 1 is 0.955 bits per heavy atom. The summed E-state index contributed by atoms with van der Waals surface area (Å²) in [4.78, 5) is 11.6. The lowest BCUT2D eigenvalue weighted by molar-refractivity contribution is -0.123. The number of ether oxygens (including phenoxy) is 2. The minimum absolute atomic E-state index is 0.0940. The Hall–Kier alpha value is -1.91. The molecule has 0 bridgehead atoms. The highest BCUT2D eigenvalue weighted by molar-refractivity contribution is 6.42. The van der Waals surface area contributed by atoms with Crippen molar-refractivity contribution in [2.45, 2.75) is 0 Å². The van der Waals surface area contributed by atoms with Crippen molar-refractivity contribution >= 4 is 29.1 Å². The van der Waals surface area contributed by atoms with Gasteiger partial charge in [0.1, 0.15) is 18.1 Å². The second-order valence-electron chi connectivity index (χ2n) is 4.38. The fourth-order valence-corrected chi connectivity index (χ4v) is 1.93. The maximum Gasteiger partial charge on any atom is 0.258 e. The van der Waals surface area contributed by atoms with E-state index in [9.17, 15) is 4.79 Å². The summed E-state index contributed by atoms with van der Waals surface area (Å²) in [5.41, 5.74) is 0. The first kappa shape index (κ1) is 16.5. The summed E-state index contributed by atoms with van der Waals surface area (Å²) in [6, 6.07) is 14.2. The molecule has 0 atom stereocenters. The molecule has 0 saturated carbocycles. The van der Waals surface area contributed by atoms with Crippen LogP contribution in [0.1, 0.15) is 0 Å². The van der Waals surface area contributed by atoms with E-state index in [0.717, 1.165) is 5.75 Å². The molecule has 1 N–H and O–H groups in total. The molecule has 0 spiro atoms. The van der Waals surface area contributed by atoms with Gasteiger partial charge in [-0.15, -0.1) is 0 Å². The molecule has 0 heterocycles. The Labute approximate surface area is 138 Å². The molecular weight excluding hydrogens is 325 g/mol. The van der Waals surface area contributed by atoms with Crippen LogP contribution in [0.25, 0.3) is 0 Å². The van der Waals surface area contributed by atoms with E-state index in [4.69, 9.17) is 32.7 Å². The van der Waals surface area contributed by atoms with Gasteiger partial charge in [0.2, 0.25) is 0 Å². The smallest absolute Gasteiger partial charge is 0.258 e. The van der Waals surface area contributed by atoms with Crippen molar-refractivity contribution in [3.8, 4) is 11.5 Å². The second-order valence-corrected chi connectivity index (χ2v) is 5.19. The van der Waals surface area contributed by atoms with E-state index in [2.05, 4.69) is 5.32 Å². The minimum atomic E-state index is -0.234. The number of benzene rings is 2. The molecule has 6 heteroatoms. The number of hydrogen-bond donors (Lipinski definition) is 1. The van der Waals surface area contributed by atoms with Crippen molar-refractivity contribution in [3.63, 3.8) is 0 Å². The summed E-state index contributed by atoms with van der Waals surface area (Å²) in [7, 11) is 0. The maximum absolute atomic E-state index is 11.6. The molecule has 0 aliphatic heterocycles. The molecule has 0 unspecified atom stereocenters. The largest absolute Gasteiger partial charge is 0.492 e. The maximum atomic E-state index is 11.6. The van der Waals surface area contributed by atoms with Gasteiger partial charge < -0.3 is 14.8 Å². The number of hydrogen-bond acceptors (Lipinski definition) is 3. The van der Waals surface area contributed by atoms with Crippen LogP contribution in [0.5, 0.6) is 11.5 Å². The number of nitrogens with one attached hydrogen (secondary N) is 1. The van der Waals surface area contributed by atoms with E-state index in [1.165, 1.54) is 0 Å². The SMILES string of the molecule is O=C(COc1ccc(Cl)c(Cl)c1)NCCOc1ccccc1. The zero-order valence-corrected chi connectivity index (χ0v) is 13.2. The molecule has 22 heavy (non-hydrogen) atoms. The van der Waals surface area contributed by atoms with Crippen LogP contribution in [0.3, 0.4) is 0 Å². The Kier molecular flexibility index (Phi) is 6.37. The van der Waals surface area contributed by atoms with E-state index in [0.29, 0.717) is 28.9 Å². The van der Waals surface area contributed by atoms with Crippen LogP contribution in [-0.4, -0.2) is 25.7 Å². The van der Waals surface area contributed by atoms with Crippen LogP contribution >= 0.6 is 23.2 Å². The summed E-state index contributed by atoms with van der Waals surface area (Å²) in [5, 5.41) is 3.53. The van der Waals surface area contributed by atoms with Gasteiger partial charge in [-0.25, -0.2) is 0 Å². The third-order valence-electron chi connectivity index (χ3n) is 2.70. The molecule has 0 fully saturated rings. The highest BCUT2D eigenvalue weighted by atomic mass is 35.5. The molecule has 2 aromatic rings. The molecule has 2 rings (SSSR count). The number of carbonyl (C=O) groups excluding carboxylic acids is 1. The number of para-hydroxylation sites is 1. The van der Waals surface area contributed by atoms with Crippen LogP contribution in [0, 0.1) is 0 Å². The third-order valence-corrected chi connectivity index (χ3v) is 3.44. The van der Waals surface area contributed by atoms with Crippen LogP contribution < -0.4 is 14.8 Å². The Morgan fingerprint density at radius 2 is 1.73 bits per heavy atom. The van der Waals surface area contributed by atoms with Gasteiger partial charge in [-0.2, -0.15) is 0 Å².